The summed E-state index contributed by atoms with van der Waals surface area (Å²) in [7, 11) is 0. The average Bonchev–Trinajstić information content (AvgIpc) is 3.14. The Balaban J connectivity index is 1.59. The van der Waals surface area contributed by atoms with E-state index >= 15 is 0 Å². The molecule has 1 atom stereocenters. The molecule has 1 aliphatic rings. The van der Waals surface area contributed by atoms with Crippen molar-refractivity contribution in [1.29, 1.82) is 0 Å². The molecule has 0 spiro atoms. The van der Waals surface area contributed by atoms with Crippen LogP contribution in [0.4, 0.5) is 13.2 Å². The van der Waals surface area contributed by atoms with Crippen molar-refractivity contribution in [1.82, 2.24) is 24.5 Å². The Morgan fingerprint density at radius 2 is 2.10 bits per heavy atom. The topological polar surface area (TPSA) is 72.6 Å². The number of carbonyl (C=O) groups excluding carboxylic acids is 1. The van der Waals surface area contributed by atoms with Gasteiger partial charge in [-0.15, -0.1) is 0 Å². The molecule has 11 heteroatoms. The first-order valence-corrected chi connectivity index (χ1v) is 9.48. The van der Waals surface area contributed by atoms with E-state index in [0.717, 1.165) is 11.8 Å². The number of alkyl halides is 3. The van der Waals surface area contributed by atoms with E-state index in [1.807, 2.05) is 13.0 Å². The van der Waals surface area contributed by atoms with E-state index in [-0.39, 0.29) is 29.1 Å². The van der Waals surface area contributed by atoms with Gasteiger partial charge in [0, 0.05) is 22.3 Å². The number of aromatic nitrogens is 4. The molecule has 0 bridgehead atoms. The summed E-state index contributed by atoms with van der Waals surface area (Å²) in [5, 5.41) is 4.15. The molecule has 29 heavy (non-hydrogen) atoms. The predicted molar refractivity (Wildman–Crippen MR) is 99.3 cm³/mol. The van der Waals surface area contributed by atoms with Crippen LogP contribution in [-0.2, 0) is 10.9 Å². The molecule has 1 fully saturated rings. The normalized spacial score (nSPS) is 17.7. The Bertz CT molecular complexity index is 1090. The van der Waals surface area contributed by atoms with Gasteiger partial charge in [-0.25, -0.2) is 4.98 Å². The lowest BCUT2D eigenvalue weighted by molar-refractivity contribution is -0.138. The van der Waals surface area contributed by atoms with Crippen LogP contribution in [0.15, 0.2) is 35.1 Å². The predicted octanol–water partition coefficient (Wildman–Crippen LogP) is 3.43. The molecule has 1 amide bonds. The van der Waals surface area contributed by atoms with Gasteiger partial charge in [0.25, 0.3) is 11.7 Å². The van der Waals surface area contributed by atoms with Crippen molar-refractivity contribution in [3.63, 3.8) is 0 Å². The Hall–Kier alpha value is -2.53. The minimum absolute atomic E-state index is 0.169. The summed E-state index contributed by atoms with van der Waals surface area (Å²) in [4.78, 5) is 22.8. The molecule has 152 valence electrons. The highest BCUT2D eigenvalue weighted by molar-refractivity contribution is 9.10. The van der Waals surface area contributed by atoms with E-state index in [2.05, 4.69) is 31.0 Å². The molecule has 0 unspecified atom stereocenters. The Kier molecular flexibility index (Phi) is 5.03. The summed E-state index contributed by atoms with van der Waals surface area (Å²) >= 11 is 2.91. The molecule has 0 N–H and O–H groups in total. The first-order valence-electron chi connectivity index (χ1n) is 8.69. The first kappa shape index (κ1) is 19.8. The molecule has 3 heterocycles. The zero-order valence-electron chi connectivity index (χ0n) is 15.1. The number of hydrogen-bond acceptors (Lipinski definition) is 5. The zero-order valence-corrected chi connectivity index (χ0v) is 16.7. The average molecular weight is 470 g/mol. The minimum Gasteiger partial charge on any atom is -0.368 e. The maximum atomic E-state index is 12.9. The number of hydrogen-bond donors (Lipinski definition) is 0. The Morgan fingerprint density at radius 1 is 1.31 bits per heavy atom. The van der Waals surface area contributed by atoms with Gasteiger partial charge in [-0.2, -0.15) is 27.8 Å². The number of rotatable bonds is 2. The van der Waals surface area contributed by atoms with Gasteiger partial charge < -0.3 is 9.64 Å². The molecule has 1 aromatic carbocycles. The maximum Gasteiger partial charge on any atom is 0.417 e. The fourth-order valence-electron chi connectivity index (χ4n) is 3.26. The second-order valence-corrected chi connectivity index (χ2v) is 7.45. The third-order valence-corrected chi connectivity index (χ3v) is 5.27. The quantitative estimate of drug-likeness (QED) is 0.574. The first-order chi connectivity index (χ1) is 13.7. The molecule has 0 aliphatic carbocycles. The summed E-state index contributed by atoms with van der Waals surface area (Å²) in [6, 6.07) is 5.10. The van der Waals surface area contributed by atoms with Crippen molar-refractivity contribution in [2.45, 2.75) is 19.2 Å². The number of benzene rings is 1. The minimum atomic E-state index is -4.49. The fourth-order valence-corrected chi connectivity index (χ4v) is 3.87. The van der Waals surface area contributed by atoms with E-state index < -0.39 is 17.8 Å². The molecule has 1 saturated heterocycles. The van der Waals surface area contributed by atoms with Gasteiger partial charge in [0.1, 0.15) is 12.4 Å². The van der Waals surface area contributed by atoms with Crippen LogP contribution in [0, 0.1) is 6.92 Å². The number of morpholine rings is 1. The summed E-state index contributed by atoms with van der Waals surface area (Å²) in [6.45, 7) is 2.67. The van der Waals surface area contributed by atoms with Gasteiger partial charge in [-0.1, -0.05) is 15.9 Å². The van der Waals surface area contributed by atoms with E-state index in [1.54, 1.807) is 9.42 Å². The Morgan fingerprint density at radius 3 is 2.83 bits per heavy atom. The molecule has 2 aromatic heterocycles. The lowest BCUT2D eigenvalue weighted by Gasteiger charge is -2.33. The smallest absolute Gasteiger partial charge is 0.368 e. The van der Waals surface area contributed by atoms with Crippen molar-refractivity contribution < 1.29 is 22.7 Å². The van der Waals surface area contributed by atoms with Crippen molar-refractivity contribution in [3.8, 4) is 0 Å². The summed E-state index contributed by atoms with van der Waals surface area (Å²) in [5.74, 6) is 0.0621. The van der Waals surface area contributed by atoms with Crippen molar-refractivity contribution in [2.75, 3.05) is 19.7 Å². The second kappa shape index (κ2) is 7.38. The van der Waals surface area contributed by atoms with E-state index in [4.69, 9.17) is 4.74 Å². The number of amides is 1. The van der Waals surface area contributed by atoms with Crippen LogP contribution < -0.4 is 0 Å². The lowest BCUT2D eigenvalue weighted by Crippen LogP contribution is -2.42. The molecule has 0 radical (unpaired) electrons. The molecular formula is C18H15BrF3N5O2. The molecule has 7 nitrogen and oxygen atoms in total. The Labute approximate surface area is 171 Å². The van der Waals surface area contributed by atoms with Crippen molar-refractivity contribution in [3.05, 3.63) is 57.6 Å². The second-order valence-electron chi connectivity index (χ2n) is 6.60. The molecule has 3 aromatic rings. The number of carbonyl (C=O) groups is 1. The van der Waals surface area contributed by atoms with Crippen molar-refractivity contribution in [2.24, 2.45) is 0 Å². The number of aryl methyl sites for hydroxylation is 1. The molecule has 1 aliphatic heterocycles. The van der Waals surface area contributed by atoms with Gasteiger partial charge in [0.15, 0.2) is 0 Å². The highest BCUT2D eigenvalue weighted by Gasteiger charge is 2.34. The van der Waals surface area contributed by atoms with Crippen LogP contribution in [0.2, 0.25) is 0 Å². The fraction of sp³-hybridized carbons (Fsp3) is 0.333. The summed E-state index contributed by atoms with van der Waals surface area (Å²) in [6.07, 6.45) is -3.57. The van der Waals surface area contributed by atoms with Crippen LogP contribution >= 0.6 is 15.9 Å². The van der Waals surface area contributed by atoms with Gasteiger partial charge in [0.05, 0.1) is 24.4 Å². The highest BCUT2D eigenvalue weighted by Crippen LogP contribution is 2.35. The number of nitrogens with zero attached hydrogens (tertiary/aromatic N) is 5. The largest absolute Gasteiger partial charge is 0.417 e. The number of halogens is 4. The zero-order chi connectivity index (χ0) is 20.8. The SMILES string of the molecule is Cc1cc([C@@H]2CN(C(=O)c3ccc(C(F)(F)F)c(Br)c3)CCO2)n2ncnc2n1. The maximum absolute atomic E-state index is 12.9. The third kappa shape index (κ3) is 3.84. The van der Waals surface area contributed by atoms with Crippen LogP contribution in [0.25, 0.3) is 5.78 Å². The van der Waals surface area contributed by atoms with Gasteiger partial charge in [-0.3, -0.25) is 4.79 Å². The monoisotopic (exact) mass is 469 g/mol. The number of ether oxygens (including phenoxy) is 1. The van der Waals surface area contributed by atoms with E-state index in [0.29, 0.717) is 18.0 Å². The van der Waals surface area contributed by atoms with Crippen LogP contribution in [-0.4, -0.2) is 50.1 Å². The van der Waals surface area contributed by atoms with E-state index in [1.165, 1.54) is 18.5 Å². The molecular weight excluding hydrogens is 455 g/mol. The summed E-state index contributed by atoms with van der Waals surface area (Å²) in [5.41, 5.74) is 0.785. The number of fused-ring (bicyclic) bond motifs is 1. The van der Waals surface area contributed by atoms with Gasteiger partial charge >= 0.3 is 6.18 Å². The van der Waals surface area contributed by atoms with Crippen LogP contribution in [0.5, 0.6) is 0 Å². The molecule has 4 rings (SSSR count). The van der Waals surface area contributed by atoms with Gasteiger partial charge in [0.2, 0.25) is 0 Å². The van der Waals surface area contributed by atoms with Gasteiger partial charge in [-0.05, 0) is 31.2 Å². The van der Waals surface area contributed by atoms with Crippen LogP contribution in [0.3, 0.4) is 0 Å². The standard InChI is InChI=1S/C18H15BrF3N5O2/c1-10-6-14(27-17(25-10)23-9-24-27)15-8-26(4-5-29-15)16(28)11-2-3-12(13(19)7-11)18(20,21)22/h2-3,6-7,9,15H,4-5,8H2,1H3/t15-/m0/s1. The third-order valence-electron chi connectivity index (χ3n) is 4.61. The highest BCUT2D eigenvalue weighted by atomic mass is 79.9. The molecule has 0 saturated carbocycles. The van der Waals surface area contributed by atoms with Crippen molar-refractivity contribution >= 4 is 27.6 Å². The van der Waals surface area contributed by atoms with E-state index in [9.17, 15) is 18.0 Å². The van der Waals surface area contributed by atoms with Crippen LogP contribution in [0.1, 0.15) is 33.4 Å². The summed E-state index contributed by atoms with van der Waals surface area (Å²) < 4.78 is 46.1. The lowest BCUT2D eigenvalue weighted by atomic mass is 10.1.